The SMILES string of the molecule is O=C(O)C1CCC(CNc2cccc(OC(F)(F)F)c2)O1. The second kappa shape index (κ2) is 6.21. The minimum atomic E-state index is -4.73. The van der Waals surface area contributed by atoms with Gasteiger partial charge in [-0.05, 0) is 25.0 Å². The molecule has 2 rings (SSSR count). The van der Waals surface area contributed by atoms with Gasteiger partial charge in [0.25, 0.3) is 0 Å². The molecule has 0 aliphatic carbocycles. The highest BCUT2D eigenvalue weighted by atomic mass is 19.4. The predicted octanol–water partition coefficient (Wildman–Crippen LogP) is 2.63. The van der Waals surface area contributed by atoms with Gasteiger partial charge in [-0.15, -0.1) is 13.2 Å². The van der Waals surface area contributed by atoms with E-state index in [1.807, 2.05) is 0 Å². The van der Waals surface area contributed by atoms with Crippen molar-refractivity contribution in [1.82, 2.24) is 0 Å². The molecular weight excluding hydrogens is 291 g/mol. The standard InChI is InChI=1S/C13H14F3NO4/c14-13(15,16)21-9-3-1-2-8(6-9)17-7-10-4-5-11(20-10)12(18)19/h1-3,6,10-11,17H,4-5,7H2,(H,18,19). The number of hydrogen-bond acceptors (Lipinski definition) is 4. The van der Waals surface area contributed by atoms with Crippen LogP contribution in [0.3, 0.4) is 0 Å². The molecule has 1 aromatic rings. The fourth-order valence-electron chi connectivity index (χ4n) is 2.07. The Morgan fingerprint density at radius 2 is 2.19 bits per heavy atom. The molecule has 1 aromatic carbocycles. The zero-order chi connectivity index (χ0) is 15.5. The number of carboxylic acids is 1. The molecule has 0 radical (unpaired) electrons. The van der Waals surface area contributed by atoms with Crippen LogP contribution in [0.5, 0.6) is 5.75 Å². The molecule has 2 N–H and O–H groups in total. The first-order valence-corrected chi connectivity index (χ1v) is 6.31. The van der Waals surface area contributed by atoms with E-state index in [-0.39, 0.29) is 11.9 Å². The van der Waals surface area contributed by atoms with E-state index < -0.39 is 18.4 Å². The molecule has 1 heterocycles. The lowest BCUT2D eigenvalue weighted by molar-refractivity contribution is -0.274. The zero-order valence-electron chi connectivity index (χ0n) is 10.9. The van der Waals surface area contributed by atoms with Crippen molar-refractivity contribution < 1.29 is 32.5 Å². The Morgan fingerprint density at radius 1 is 1.43 bits per heavy atom. The molecule has 1 aliphatic heterocycles. The summed E-state index contributed by atoms with van der Waals surface area (Å²) in [5.74, 6) is -1.32. The molecule has 2 unspecified atom stereocenters. The molecule has 1 saturated heterocycles. The number of rotatable bonds is 5. The summed E-state index contributed by atoms with van der Waals surface area (Å²) in [4.78, 5) is 10.7. The molecule has 0 bridgehead atoms. The number of anilines is 1. The van der Waals surface area contributed by atoms with Crippen LogP contribution in [0.2, 0.25) is 0 Å². The normalized spacial score (nSPS) is 22.0. The van der Waals surface area contributed by atoms with E-state index in [9.17, 15) is 18.0 Å². The Hall–Kier alpha value is -1.96. The van der Waals surface area contributed by atoms with Crippen LogP contribution in [0.25, 0.3) is 0 Å². The first kappa shape index (κ1) is 15.4. The van der Waals surface area contributed by atoms with E-state index in [2.05, 4.69) is 10.1 Å². The number of hydrogen-bond donors (Lipinski definition) is 2. The quantitative estimate of drug-likeness (QED) is 0.875. The number of alkyl halides is 3. The van der Waals surface area contributed by atoms with Gasteiger partial charge in [-0.2, -0.15) is 0 Å². The van der Waals surface area contributed by atoms with Gasteiger partial charge in [0.05, 0.1) is 6.10 Å². The van der Waals surface area contributed by atoms with E-state index in [0.29, 0.717) is 25.1 Å². The molecule has 2 atom stereocenters. The first-order chi connectivity index (χ1) is 9.83. The lowest BCUT2D eigenvalue weighted by Crippen LogP contribution is -2.24. The summed E-state index contributed by atoms with van der Waals surface area (Å²) in [6, 6.07) is 5.44. The highest BCUT2D eigenvalue weighted by molar-refractivity contribution is 5.72. The van der Waals surface area contributed by atoms with Crippen LogP contribution >= 0.6 is 0 Å². The van der Waals surface area contributed by atoms with Crippen LogP contribution in [-0.4, -0.2) is 36.2 Å². The first-order valence-electron chi connectivity index (χ1n) is 6.31. The van der Waals surface area contributed by atoms with E-state index in [4.69, 9.17) is 9.84 Å². The summed E-state index contributed by atoms with van der Waals surface area (Å²) in [5, 5.41) is 11.7. The van der Waals surface area contributed by atoms with E-state index in [0.717, 1.165) is 0 Å². The topological polar surface area (TPSA) is 67.8 Å². The average molecular weight is 305 g/mol. The third-order valence-electron chi connectivity index (χ3n) is 2.98. The van der Waals surface area contributed by atoms with E-state index in [1.165, 1.54) is 18.2 Å². The fraction of sp³-hybridized carbons (Fsp3) is 0.462. The number of ether oxygens (including phenoxy) is 2. The molecule has 0 amide bonds. The van der Waals surface area contributed by atoms with E-state index >= 15 is 0 Å². The molecule has 0 saturated carbocycles. The van der Waals surface area contributed by atoms with Crippen LogP contribution in [0, 0.1) is 0 Å². The van der Waals surface area contributed by atoms with Crippen molar-refractivity contribution >= 4 is 11.7 Å². The average Bonchev–Trinajstić information content (AvgIpc) is 2.83. The van der Waals surface area contributed by atoms with Crippen molar-refractivity contribution in [2.24, 2.45) is 0 Å². The van der Waals surface area contributed by atoms with E-state index in [1.54, 1.807) is 6.07 Å². The number of nitrogens with one attached hydrogen (secondary N) is 1. The molecule has 8 heteroatoms. The van der Waals surface area contributed by atoms with Crippen molar-refractivity contribution in [3.63, 3.8) is 0 Å². The molecule has 5 nitrogen and oxygen atoms in total. The van der Waals surface area contributed by atoms with Gasteiger partial charge in [-0.25, -0.2) is 4.79 Å². The molecule has 0 aromatic heterocycles. The van der Waals surface area contributed by atoms with Crippen LogP contribution in [0.15, 0.2) is 24.3 Å². The predicted molar refractivity (Wildman–Crippen MR) is 67.1 cm³/mol. The number of carbonyl (C=O) groups is 1. The molecule has 0 spiro atoms. The van der Waals surface area contributed by atoms with Gasteiger partial charge in [-0.3, -0.25) is 0 Å². The summed E-state index contributed by atoms with van der Waals surface area (Å²) in [7, 11) is 0. The van der Waals surface area contributed by atoms with Crippen LogP contribution in [0.1, 0.15) is 12.8 Å². The Labute approximate surface area is 118 Å². The Bertz CT molecular complexity index is 506. The number of benzene rings is 1. The third kappa shape index (κ3) is 4.82. The lowest BCUT2D eigenvalue weighted by atomic mass is 10.2. The van der Waals surface area contributed by atoms with Crippen molar-refractivity contribution in [3.8, 4) is 5.75 Å². The maximum atomic E-state index is 12.1. The summed E-state index contributed by atoms with van der Waals surface area (Å²) in [6.45, 7) is 0.319. The molecular formula is C13H14F3NO4. The molecule has 116 valence electrons. The third-order valence-corrected chi connectivity index (χ3v) is 2.98. The highest BCUT2D eigenvalue weighted by Crippen LogP contribution is 2.26. The highest BCUT2D eigenvalue weighted by Gasteiger charge is 2.31. The minimum Gasteiger partial charge on any atom is -0.479 e. The van der Waals surface area contributed by atoms with Gasteiger partial charge in [0.15, 0.2) is 6.10 Å². The molecule has 1 aliphatic rings. The van der Waals surface area contributed by atoms with Crippen molar-refractivity contribution in [2.45, 2.75) is 31.4 Å². The van der Waals surface area contributed by atoms with Gasteiger partial charge in [0.2, 0.25) is 0 Å². The lowest BCUT2D eigenvalue weighted by Gasteiger charge is -2.14. The number of aliphatic carboxylic acids is 1. The molecule has 21 heavy (non-hydrogen) atoms. The van der Waals surface area contributed by atoms with Gasteiger partial charge in [0.1, 0.15) is 5.75 Å². The smallest absolute Gasteiger partial charge is 0.479 e. The minimum absolute atomic E-state index is 0.279. The van der Waals surface area contributed by atoms with Gasteiger partial charge >= 0.3 is 12.3 Å². The second-order valence-corrected chi connectivity index (χ2v) is 4.62. The Balaban J connectivity index is 1.86. The second-order valence-electron chi connectivity index (χ2n) is 4.62. The van der Waals surface area contributed by atoms with Crippen LogP contribution in [-0.2, 0) is 9.53 Å². The number of halogens is 3. The van der Waals surface area contributed by atoms with Crippen LogP contribution < -0.4 is 10.1 Å². The van der Waals surface area contributed by atoms with Gasteiger partial charge in [-0.1, -0.05) is 6.07 Å². The van der Waals surface area contributed by atoms with Crippen molar-refractivity contribution in [1.29, 1.82) is 0 Å². The Kier molecular flexibility index (Phi) is 4.56. The van der Waals surface area contributed by atoms with Gasteiger partial charge < -0.3 is 19.9 Å². The summed E-state index contributed by atoms with van der Waals surface area (Å²) in [6.07, 6.45) is -4.81. The summed E-state index contributed by atoms with van der Waals surface area (Å²) >= 11 is 0. The largest absolute Gasteiger partial charge is 0.573 e. The fourth-order valence-corrected chi connectivity index (χ4v) is 2.07. The van der Waals surface area contributed by atoms with Crippen molar-refractivity contribution in [2.75, 3.05) is 11.9 Å². The van der Waals surface area contributed by atoms with Gasteiger partial charge in [0, 0.05) is 18.3 Å². The summed E-state index contributed by atoms with van der Waals surface area (Å²) < 4.78 is 45.4. The zero-order valence-corrected chi connectivity index (χ0v) is 10.9. The van der Waals surface area contributed by atoms with Crippen LogP contribution in [0.4, 0.5) is 18.9 Å². The van der Waals surface area contributed by atoms with Crippen molar-refractivity contribution in [3.05, 3.63) is 24.3 Å². The Morgan fingerprint density at radius 3 is 2.81 bits per heavy atom. The maximum absolute atomic E-state index is 12.1. The number of carboxylic acid groups (broad SMARTS) is 1. The monoisotopic (exact) mass is 305 g/mol. The molecule has 1 fully saturated rings. The summed E-state index contributed by atoms with van der Waals surface area (Å²) in [5.41, 5.74) is 0.444. The maximum Gasteiger partial charge on any atom is 0.573 e.